The van der Waals surface area contributed by atoms with E-state index in [4.69, 9.17) is 9.47 Å². The SMILES string of the molecule is COc1ccc(N2CCOCC2)cc1NS(=O)(=O)c1cccc([N+](=O)[O-])c1. The van der Waals surface area contributed by atoms with Gasteiger partial charge in [-0.25, -0.2) is 8.42 Å². The van der Waals surface area contributed by atoms with Crippen molar-refractivity contribution in [2.75, 3.05) is 43.0 Å². The number of morpholine rings is 1. The lowest BCUT2D eigenvalue weighted by molar-refractivity contribution is -0.385. The van der Waals surface area contributed by atoms with E-state index in [1.165, 1.54) is 25.3 Å². The summed E-state index contributed by atoms with van der Waals surface area (Å²) in [6.45, 7) is 2.59. The van der Waals surface area contributed by atoms with Crippen LogP contribution in [0.2, 0.25) is 0 Å². The summed E-state index contributed by atoms with van der Waals surface area (Å²) in [4.78, 5) is 12.2. The zero-order chi connectivity index (χ0) is 19.4. The van der Waals surface area contributed by atoms with Crippen LogP contribution in [0.4, 0.5) is 17.1 Å². The zero-order valence-corrected chi connectivity index (χ0v) is 15.4. The molecule has 1 heterocycles. The van der Waals surface area contributed by atoms with Crippen molar-refractivity contribution in [2.24, 2.45) is 0 Å². The molecule has 0 unspecified atom stereocenters. The minimum Gasteiger partial charge on any atom is -0.495 e. The summed E-state index contributed by atoms with van der Waals surface area (Å²) in [5, 5.41) is 10.9. The van der Waals surface area contributed by atoms with E-state index >= 15 is 0 Å². The number of ether oxygens (including phenoxy) is 2. The van der Waals surface area contributed by atoms with Gasteiger partial charge >= 0.3 is 0 Å². The van der Waals surface area contributed by atoms with Crippen LogP contribution in [-0.4, -0.2) is 46.8 Å². The monoisotopic (exact) mass is 393 g/mol. The Morgan fingerprint density at radius 3 is 2.59 bits per heavy atom. The summed E-state index contributed by atoms with van der Waals surface area (Å²) in [7, 11) is -2.59. The van der Waals surface area contributed by atoms with Crippen molar-refractivity contribution in [3.05, 3.63) is 52.6 Å². The molecule has 0 bridgehead atoms. The van der Waals surface area contributed by atoms with Crippen molar-refractivity contribution < 1.29 is 22.8 Å². The van der Waals surface area contributed by atoms with Gasteiger partial charge in [0, 0.05) is 30.9 Å². The number of rotatable bonds is 6. The molecule has 1 aliphatic rings. The zero-order valence-electron chi connectivity index (χ0n) is 14.6. The third-order valence-electron chi connectivity index (χ3n) is 4.14. The summed E-state index contributed by atoms with van der Waals surface area (Å²) in [5.41, 5.74) is 0.788. The fraction of sp³-hybridized carbons (Fsp3) is 0.294. The van der Waals surface area contributed by atoms with Crippen molar-refractivity contribution in [1.29, 1.82) is 0 Å². The minimum atomic E-state index is -4.03. The van der Waals surface area contributed by atoms with Crippen LogP contribution in [0.1, 0.15) is 0 Å². The van der Waals surface area contributed by atoms with Crippen LogP contribution in [0.3, 0.4) is 0 Å². The summed E-state index contributed by atoms with van der Waals surface area (Å²) in [5.74, 6) is 0.348. The highest BCUT2D eigenvalue weighted by molar-refractivity contribution is 7.92. The number of nitro groups is 1. The number of sulfonamides is 1. The summed E-state index contributed by atoms with van der Waals surface area (Å²) < 4.78 is 38.5. The van der Waals surface area contributed by atoms with E-state index in [1.54, 1.807) is 12.1 Å². The van der Waals surface area contributed by atoms with Crippen LogP contribution in [-0.2, 0) is 14.8 Å². The fourth-order valence-electron chi connectivity index (χ4n) is 2.76. The topological polar surface area (TPSA) is 111 Å². The lowest BCUT2D eigenvalue weighted by Gasteiger charge is -2.29. The normalized spacial score (nSPS) is 14.6. The lowest BCUT2D eigenvalue weighted by Crippen LogP contribution is -2.36. The predicted octanol–water partition coefficient (Wildman–Crippen LogP) is 2.24. The van der Waals surface area contributed by atoms with Crippen molar-refractivity contribution in [3.63, 3.8) is 0 Å². The smallest absolute Gasteiger partial charge is 0.270 e. The highest BCUT2D eigenvalue weighted by atomic mass is 32.2. The number of nitro benzene ring substituents is 1. The lowest BCUT2D eigenvalue weighted by atomic mass is 10.2. The fourth-order valence-corrected chi connectivity index (χ4v) is 3.86. The molecule has 1 aliphatic heterocycles. The second-order valence-electron chi connectivity index (χ2n) is 5.84. The van der Waals surface area contributed by atoms with Gasteiger partial charge in [-0.2, -0.15) is 0 Å². The number of non-ortho nitro benzene ring substituents is 1. The predicted molar refractivity (Wildman–Crippen MR) is 99.9 cm³/mol. The summed E-state index contributed by atoms with van der Waals surface area (Å²) >= 11 is 0. The average Bonchev–Trinajstić information content (AvgIpc) is 2.68. The molecule has 1 fully saturated rings. The number of nitrogens with one attached hydrogen (secondary N) is 1. The standard InChI is InChI=1S/C17H19N3O6S/c1-25-17-6-5-13(19-7-9-26-10-8-19)12-16(17)18-27(23,24)15-4-2-3-14(11-15)20(21)22/h2-6,11-12,18H,7-10H2,1H3. The second kappa shape index (κ2) is 7.80. The molecule has 144 valence electrons. The van der Waals surface area contributed by atoms with Crippen LogP contribution in [0, 0.1) is 10.1 Å². The molecule has 0 aromatic heterocycles. The van der Waals surface area contributed by atoms with Crippen LogP contribution >= 0.6 is 0 Å². The molecular weight excluding hydrogens is 374 g/mol. The van der Waals surface area contributed by atoms with Gasteiger partial charge in [0.25, 0.3) is 15.7 Å². The van der Waals surface area contributed by atoms with Crippen molar-refractivity contribution in [3.8, 4) is 5.75 Å². The van der Waals surface area contributed by atoms with E-state index in [0.717, 1.165) is 11.8 Å². The van der Waals surface area contributed by atoms with Gasteiger partial charge in [-0.05, 0) is 24.3 Å². The summed E-state index contributed by atoms with van der Waals surface area (Å²) in [6, 6.07) is 10.1. The van der Waals surface area contributed by atoms with Crippen molar-refractivity contribution in [1.82, 2.24) is 0 Å². The van der Waals surface area contributed by atoms with Gasteiger partial charge in [0.1, 0.15) is 5.75 Å². The Labute approximate surface area is 156 Å². The molecule has 0 saturated carbocycles. The van der Waals surface area contributed by atoms with E-state index in [-0.39, 0.29) is 16.3 Å². The molecule has 0 amide bonds. The first-order valence-corrected chi connectivity index (χ1v) is 9.67. The molecule has 2 aromatic rings. The first-order valence-electron chi connectivity index (χ1n) is 8.19. The van der Waals surface area contributed by atoms with E-state index in [2.05, 4.69) is 9.62 Å². The van der Waals surface area contributed by atoms with Gasteiger partial charge in [0.05, 0.1) is 35.8 Å². The Morgan fingerprint density at radius 2 is 1.93 bits per heavy atom. The number of nitrogens with zero attached hydrogens (tertiary/aromatic N) is 2. The molecule has 1 N–H and O–H groups in total. The van der Waals surface area contributed by atoms with Crippen molar-refractivity contribution >= 4 is 27.1 Å². The number of hydrogen-bond acceptors (Lipinski definition) is 7. The van der Waals surface area contributed by atoms with E-state index in [0.29, 0.717) is 32.1 Å². The molecule has 0 aliphatic carbocycles. The maximum absolute atomic E-state index is 12.7. The molecule has 10 heteroatoms. The Kier molecular flexibility index (Phi) is 5.47. The molecule has 27 heavy (non-hydrogen) atoms. The van der Waals surface area contributed by atoms with Gasteiger partial charge < -0.3 is 14.4 Å². The number of hydrogen-bond donors (Lipinski definition) is 1. The second-order valence-corrected chi connectivity index (χ2v) is 7.53. The Bertz CT molecular complexity index is 941. The first-order chi connectivity index (χ1) is 12.9. The Hall–Kier alpha value is -2.85. The Morgan fingerprint density at radius 1 is 1.19 bits per heavy atom. The van der Waals surface area contributed by atoms with Crippen LogP contribution in [0.5, 0.6) is 5.75 Å². The highest BCUT2D eigenvalue weighted by Gasteiger charge is 2.21. The number of methoxy groups -OCH3 is 1. The van der Waals surface area contributed by atoms with Crippen LogP contribution in [0.15, 0.2) is 47.4 Å². The van der Waals surface area contributed by atoms with Gasteiger partial charge in [0.15, 0.2) is 0 Å². The van der Waals surface area contributed by atoms with E-state index < -0.39 is 14.9 Å². The van der Waals surface area contributed by atoms with E-state index in [9.17, 15) is 18.5 Å². The Balaban J connectivity index is 1.93. The number of benzene rings is 2. The molecule has 2 aromatic carbocycles. The quantitative estimate of drug-likeness (QED) is 0.592. The first kappa shape index (κ1) is 18.9. The minimum absolute atomic E-state index is 0.199. The third-order valence-corrected chi connectivity index (χ3v) is 5.51. The number of anilines is 2. The largest absolute Gasteiger partial charge is 0.495 e. The highest BCUT2D eigenvalue weighted by Crippen LogP contribution is 2.32. The van der Waals surface area contributed by atoms with Crippen LogP contribution < -0.4 is 14.4 Å². The van der Waals surface area contributed by atoms with Gasteiger partial charge in [0.2, 0.25) is 0 Å². The maximum atomic E-state index is 12.7. The molecular formula is C17H19N3O6S. The molecule has 0 atom stereocenters. The van der Waals surface area contributed by atoms with Gasteiger partial charge in [-0.1, -0.05) is 6.07 Å². The molecule has 9 nitrogen and oxygen atoms in total. The third kappa shape index (κ3) is 4.29. The maximum Gasteiger partial charge on any atom is 0.270 e. The molecule has 3 rings (SSSR count). The molecule has 0 radical (unpaired) electrons. The molecule has 1 saturated heterocycles. The van der Waals surface area contributed by atoms with Gasteiger partial charge in [-0.15, -0.1) is 0 Å². The average molecular weight is 393 g/mol. The van der Waals surface area contributed by atoms with E-state index in [1.807, 2.05) is 6.07 Å². The van der Waals surface area contributed by atoms with Crippen molar-refractivity contribution in [2.45, 2.75) is 4.90 Å². The van der Waals surface area contributed by atoms with Gasteiger partial charge in [-0.3, -0.25) is 14.8 Å². The summed E-state index contributed by atoms with van der Waals surface area (Å²) in [6.07, 6.45) is 0. The van der Waals surface area contributed by atoms with Crippen LogP contribution in [0.25, 0.3) is 0 Å². The molecule has 0 spiro atoms.